The number of nitrogens with one attached hydrogen (secondary N) is 1. The Morgan fingerprint density at radius 2 is 2.09 bits per heavy atom. The molecule has 1 saturated carbocycles. The minimum atomic E-state index is -0.0592. The van der Waals surface area contributed by atoms with Gasteiger partial charge in [-0.15, -0.1) is 9.24 Å². The van der Waals surface area contributed by atoms with Gasteiger partial charge in [-0.25, -0.2) is 0 Å². The van der Waals surface area contributed by atoms with Crippen LogP contribution in [0.2, 0.25) is 0 Å². The summed E-state index contributed by atoms with van der Waals surface area (Å²) in [5.41, 5.74) is 4.79. The van der Waals surface area contributed by atoms with Crippen molar-refractivity contribution in [2.75, 3.05) is 11.4 Å². The summed E-state index contributed by atoms with van der Waals surface area (Å²) in [6, 6.07) is 7.57. The maximum atomic E-state index is 13.1. The lowest BCUT2D eigenvalue weighted by atomic mass is 9.97. The van der Waals surface area contributed by atoms with Gasteiger partial charge < -0.3 is 15.3 Å². The number of unbranched alkanes of at least 4 members (excludes halogenated alkanes) is 1. The van der Waals surface area contributed by atoms with E-state index in [0.717, 1.165) is 67.3 Å². The molecule has 3 rings (SSSR count). The number of hydrogen-bond donors (Lipinski definition) is 2. The molecular weight excluding hydrogens is 429 g/mol. The average molecular weight is 468 g/mol. The first-order chi connectivity index (χ1) is 15.8. The zero-order valence-electron chi connectivity index (χ0n) is 20.2. The second kappa shape index (κ2) is 11.7. The molecule has 1 fully saturated rings. The number of nitrogens with zero attached hydrogens (tertiary/aromatic N) is 2. The van der Waals surface area contributed by atoms with Gasteiger partial charge in [0.2, 0.25) is 0 Å². The summed E-state index contributed by atoms with van der Waals surface area (Å²) in [5, 5.41) is 14.3. The van der Waals surface area contributed by atoms with E-state index in [1.807, 2.05) is 19.1 Å². The maximum absolute atomic E-state index is 13.1. The van der Waals surface area contributed by atoms with Gasteiger partial charge in [0.15, 0.2) is 0 Å². The second-order valence-electron chi connectivity index (χ2n) is 9.18. The molecule has 33 heavy (non-hydrogen) atoms. The first-order valence-corrected chi connectivity index (χ1v) is 12.7. The molecule has 1 aromatic heterocycles. The van der Waals surface area contributed by atoms with Crippen LogP contribution in [0.4, 0.5) is 5.69 Å². The molecule has 2 N–H and O–H groups in total. The van der Waals surface area contributed by atoms with E-state index in [-0.39, 0.29) is 17.7 Å². The summed E-state index contributed by atoms with van der Waals surface area (Å²) in [4.78, 5) is 19.9. The van der Waals surface area contributed by atoms with Crippen LogP contribution in [0, 0.1) is 12.8 Å². The van der Waals surface area contributed by atoms with Gasteiger partial charge >= 0.3 is 0 Å². The van der Waals surface area contributed by atoms with E-state index in [2.05, 4.69) is 44.9 Å². The van der Waals surface area contributed by atoms with Crippen LogP contribution in [0.5, 0.6) is 5.75 Å². The lowest BCUT2D eigenvalue weighted by Gasteiger charge is -2.27. The van der Waals surface area contributed by atoms with Crippen molar-refractivity contribution in [1.82, 2.24) is 10.3 Å². The normalized spacial score (nSPS) is 17.7. The van der Waals surface area contributed by atoms with Crippen molar-refractivity contribution in [2.45, 2.75) is 71.9 Å². The third-order valence-electron chi connectivity index (χ3n) is 6.73. The van der Waals surface area contributed by atoms with Gasteiger partial charge in [-0.2, -0.15) is 0 Å². The number of pyridine rings is 1. The highest BCUT2D eigenvalue weighted by Gasteiger charge is 2.27. The fraction of sp³-hybridized carbons (Fsp3) is 0.481. The van der Waals surface area contributed by atoms with Gasteiger partial charge in [-0.05, 0) is 74.0 Å². The van der Waals surface area contributed by atoms with E-state index in [1.54, 1.807) is 18.3 Å². The highest BCUT2D eigenvalue weighted by Crippen LogP contribution is 2.32. The highest BCUT2D eigenvalue weighted by atomic mass is 31.0. The van der Waals surface area contributed by atoms with Crippen LogP contribution in [-0.4, -0.2) is 28.6 Å². The Hall–Kier alpha value is -2.39. The molecule has 2 aromatic rings. The van der Waals surface area contributed by atoms with Crippen LogP contribution in [0.1, 0.15) is 74.0 Å². The molecule has 0 bridgehead atoms. The Morgan fingerprint density at radius 1 is 1.30 bits per heavy atom. The summed E-state index contributed by atoms with van der Waals surface area (Å²) in [6.07, 6.45) is 7.86. The van der Waals surface area contributed by atoms with Gasteiger partial charge in [0.05, 0.1) is 16.9 Å². The molecule has 1 aromatic carbocycles. The fourth-order valence-corrected chi connectivity index (χ4v) is 4.85. The van der Waals surface area contributed by atoms with Crippen molar-refractivity contribution in [3.63, 3.8) is 0 Å². The van der Waals surface area contributed by atoms with Crippen LogP contribution >= 0.6 is 9.24 Å². The zero-order chi connectivity index (χ0) is 24.0. The molecule has 0 radical (unpaired) electrons. The molecule has 1 aliphatic carbocycles. The van der Waals surface area contributed by atoms with Gasteiger partial charge in [0.25, 0.3) is 5.91 Å². The first kappa shape index (κ1) is 25.2. The van der Waals surface area contributed by atoms with Crippen molar-refractivity contribution in [2.24, 2.45) is 5.92 Å². The third kappa shape index (κ3) is 6.57. The number of hydrogen-bond acceptors (Lipinski definition) is 4. The average Bonchev–Trinajstić information content (AvgIpc) is 3.27. The molecular formula is C27H38N3O2P. The number of allylic oxidation sites excluding steroid dienone is 1. The second-order valence-corrected chi connectivity index (χ2v) is 9.80. The highest BCUT2D eigenvalue weighted by molar-refractivity contribution is 7.27. The lowest BCUT2D eigenvalue weighted by Crippen LogP contribution is -2.33. The maximum Gasteiger partial charge on any atom is 0.253 e. The monoisotopic (exact) mass is 467 g/mol. The molecule has 0 aliphatic heterocycles. The third-order valence-corrected chi connectivity index (χ3v) is 7.29. The zero-order valence-corrected chi connectivity index (χ0v) is 21.4. The molecule has 0 spiro atoms. The minimum absolute atomic E-state index is 0.0592. The summed E-state index contributed by atoms with van der Waals surface area (Å²) >= 11 is 0. The number of phenols is 1. The standard InChI is InChI=1S/C27H38N3O2P/c1-5-7-12-30(17-22-14-24(31)10-11-26(22)33)25-15-21(16-28-19(25)4)27(32)29-23-9-8-20(13-23)18(3)6-2/h10-11,14-16,20,23,31H,3,5-9,12-13,17,33H2,1-2,4H3,(H,29,32). The smallest absolute Gasteiger partial charge is 0.253 e. The first-order valence-electron chi connectivity index (χ1n) is 12.1. The minimum Gasteiger partial charge on any atom is -0.508 e. The van der Waals surface area contributed by atoms with E-state index < -0.39 is 0 Å². The molecule has 5 nitrogen and oxygen atoms in total. The van der Waals surface area contributed by atoms with Gasteiger partial charge in [-0.1, -0.05) is 38.5 Å². The van der Waals surface area contributed by atoms with E-state index in [0.29, 0.717) is 18.0 Å². The quantitative estimate of drug-likeness (QED) is 0.369. The Bertz CT molecular complexity index is 991. The summed E-state index contributed by atoms with van der Waals surface area (Å²) in [6.45, 7) is 12.0. The Labute approximate surface area is 200 Å². The number of aromatic hydroxyl groups is 1. The number of aromatic nitrogens is 1. The van der Waals surface area contributed by atoms with Gasteiger partial charge in [-0.3, -0.25) is 9.78 Å². The van der Waals surface area contributed by atoms with Crippen LogP contribution in [-0.2, 0) is 6.54 Å². The van der Waals surface area contributed by atoms with Gasteiger partial charge in [0.1, 0.15) is 5.75 Å². The van der Waals surface area contributed by atoms with E-state index in [1.165, 1.54) is 5.57 Å². The molecule has 3 unspecified atom stereocenters. The summed E-state index contributed by atoms with van der Waals surface area (Å²) in [5.74, 6) is 0.714. The van der Waals surface area contributed by atoms with Crippen LogP contribution < -0.4 is 15.5 Å². The lowest BCUT2D eigenvalue weighted by molar-refractivity contribution is 0.0937. The number of amides is 1. The van der Waals surface area contributed by atoms with Crippen molar-refractivity contribution >= 4 is 26.1 Å². The predicted octanol–water partition coefficient (Wildman–Crippen LogP) is 5.27. The molecule has 3 atom stereocenters. The number of rotatable bonds is 10. The van der Waals surface area contributed by atoms with Crippen molar-refractivity contribution in [1.29, 1.82) is 0 Å². The number of carbonyl (C=O) groups is 1. The molecule has 1 heterocycles. The molecule has 6 heteroatoms. The predicted molar refractivity (Wildman–Crippen MR) is 140 cm³/mol. The largest absolute Gasteiger partial charge is 0.508 e. The molecule has 178 valence electrons. The summed E-state index contributed by atoms with van der Waals surface area (Å²) < 4.78 is 0. The Balaban J connectivity index is 1.79. The fourth-order valence-electron chi connectivity index (χ4n) is 4.57. The van der Waals surface area contributed by atoms with Gasteiger partial charge in [0, 0.05) is 25.3 Å². The Morgan fingerprint density at radius 3 is 2.82 bits per heavy atom. The van der Waals surface area contributed by atoms with Crippen LogP contribution in [0.3, 0.4) is 0 Å². The number of anilines is 1. The van der Waals surface area contributed by atoms with E-state index >= 15 is 0 Å². The Kier molecular flexibility index (Phi) is 8.91. The topological polar surface area (TPSA) is 65.5 Å². The van der Waals surface area contributed by atoms with Crippen LogP contribution in [0.25, 0.3) is 0 Å². The van der Waals surface area contributed by atoms with Crippen molar-refractivity contribution in [3.05, 3.63) is 59.4 Å². The SMILES string of the molecule is C=C(CC)C1CCC(NC(=O)c2cnc(C)c(N(CCCC)Cc3cc(O)ccc3P)c2)C1. The molecule has 0 saturated heterocycles. The van der Waals surface area contributed by atoms with Crippen molar-refractivity contribution in [3.8, 4) is 5.75 Å². The molecule has 1 aliphatic rings. The number of aryl methyl sites for hydroxylation is 1. The number of benzene rings is 1. The summed E-state index contributed by atoms with van der Waals surface area (Å²) in [7, 11) is 2.74. The van der Waals surface area contributed by atoms with E-state index in [9.17, 15) is 9.90 Å². The number of phenolic OH excluding ortho intramolecular Hbond substituents is 1. The number of carbonyl (C=O) groups excluding carboxylic acids is 1. The van der Waals surface area contributed by atoms with Crippen LogP contribution in [0.15, 0.2) is 42.6 Å². The van der Waals surface area contributed by atoms with E-state index in [4.69, 9.17) is 0 Å². The van der Waals surface area contributed by atoms with Crippen molar-refractivity contribution < 1.29 is 9.90 Å². The molecule has 1 amide bonds.